The fraction of sp³-hybridized carbons (Fsp3) is 0.0870. The van der Waals surface area contributed by atoms with Crippen LogP contribution in [0.25, 0.3) is 38.4 Å². The number of carboxylic acids is 1. The van der Waals surface area contributed by atoms with Crippen LogP contribution in [0.4, 0.5) is 0 Å². The van der Waals surface area contributed by atoms with Crippen molar-refractivity contribution in [3.63, 3.8) is 0 Å². The van der Waals surface area contributed by atoms with Crippen LogP contribution in [0, 0.1) is 0 Å². The van der Waals surface area contributed by atoms with E-state index in [0.29, 0.717) is 9.23 Å². The van der Waals surface area contributed by atoms with E-state index in [9.17, 15) is 9.59 Å². The minimum atomic E-state index is -0.949. The van der Waals surface area contributed by atoms with E-state index in [2.05, 4.69) is 48.5 Å². The maximum atomic E-state index is 12.8. The molecule has 1 saturated heterocycles. The molecule has 0 aromatic heterocycles. The normalized spacial score (nSPS) is 16.1. The largest absolute Gasteiger partial charge is 0.481 e. The number of carboxylic acid groups (broad SMARTS) is 1. The predicted molar refractivity (Wildman–Crippen MR) is 122 cm³/mol. The summed E-state index contributed by atoms with van der Waals surface area (Å²) < 4.78 is 0.403. The average molecular weight is 418 g/mol. The summed E-state index contributed by atoms with van der Waals surface area (Å²) >= 11 is 6.52. The third kappa shape index (κ3) is 2.96. The summed E-state index contributed by atoms with van der Waals surface area (Å²) in [6.45, 7) is 0.0931. The lowest BCUT2D eigenvalue weighted by atomic mass is 9.92. The Balaban J connectivity index is 1.63. The molecule has 6 heteroatoms. The van der Waals surface area contributed by atoms with Crippen molar-refractivity contribution in [2.24, 2.45) is 0 Å². The molecule has 29 heavy (non-hydrogen) atoms. The first-order valence-corrected chi connectivity index (χ1v) is 10.4. The van der Waals surface area contributed by atoms with Gasteiger partial charge in [0.25, 0.3) is 5.91 Å². The van der Waals surface area contributed by atoms with Gasteiger partial charge in [0, 0.05) is 6.54 Å². The molecule has 1 aliphatic heterocycles. The number of carbonyl (C=O) groups is 2. The first-order valence-electron chi connectivity index (χ1n) is 9.16. The fourth-order valence-electron chi connectivity index (χ4n) is 3.93. The molecule has 4 nitrogen and oxygen atoms in total. The van der Waals surface area contributed by atoms with Gasteiger partial charge in [-0.2, -0.15) is 0 Å². The van der Waals surface area contributed by atoms with Crippen molar-refractivity contribution in [3.8, 4) is 0 Å². The Morgan fingerprint density at radius 1 is 1.00 bits per heavy atom. The van der Waals surface area contributed by atoms with Crippen molar-refractivity contribution < 1.29 is 14.7 Å². The van der Waals surface area contributed by atoms with Crippen LogP contribution in [0.2, 0.25) is 0 Å². The second-order valence-corrected chi connectivity index (χ2v) is 8.66. The number of thiocarbonyl (C=S) groups is 1. The first kappa shape index (κ1) is 18.1. The van der Waals surface area contributed by atoms with E-state index in [1.54, 1.807) is 0 Å². The van der Waals surface area contributed by atoms with Gasteiger partial charge in [-0.3, -0.25) is 14.5 Å². The van der Waals surface area contributed by atoms with Crippen molar-refractivity contribution in [3.05, 3.63) is 65.1 Å². The number of hydrogen-bond acceptors (Lipinski definition) is 4. The average Bonchev–Trinajstić information content (AvgIpc) is 2.98. The van der Waals surface area contributed by atoms with Crippen LogP contribution in [0.15, 0.2) is 59.5 Å². The number of aliphatic carboxylic acids is 1. The zero-order valence-electron chi connectivity index (χ0n) is 15.2. The molecule has 1 N–H and O–H groups in total. The maximum Gasteiger partial charge on any atom is 0.305 e. The molecule has 1 amide bonds. The number of nitrogens with zero attached hydrogens (tertiary/aromatic N) is 1. The number of rotatable bonds is 4. The van der Waals surface area contributed by atoms with Crippen molar-refractivity contribution in [2.45, 2.75) is 6.42 Å². The van der Waals surface area contributed by atoms with E-state index >= 15 is 0 Å². The highest BCUT2D eigenvalue weighted by Crippen LogP contribution is 2.38. The van der Waals surface area contributed by atoms with Gasteiger partial charge in [0.1, 0.15) is 4.32 Å². The molecule has 0 atom stereocenters. The molecular weight excluding hydrogens is 402 g/mol. The molecule has 0 radical (unpaired) electrons. The molecule has 142 valence electrons. The highest BCUT2D eigenvalue weighted by atomic mass is 32.2. The molecule has 4 aromatic rings. The number of hydrogen-bond donors (Lipinski definition) is 1. The van der Waals surface area contributed by atoms with Gasteiger partial charge in [-0.15, -0.1) is 0 Å². The molecule has 1 heterocycles. The van der Waals surface area contributed by atoms with Crippen LogP contribution in [0.3, 0.4) is 0 Å². The van der Waals surface area contributed by atoms with Crippen molar-refractivity contribution in [1.29, 1.82) is 0 Å². The summed E-state index contributed by atoms with van der Waals surface area (Å²) in [7, 11) is 0. The highest BCUT2D eigenvalue weighted by Gasteiger charge is 2.32. The Hall–Kier alpha value is -2.96. The topological polar surface area (TPSA) is 57.6 Å². The molecule has 0 spiro atoms. The first-order chi connectivity index (χ1) is 14.0. The van der Waals surface area contributed by atoms with Crippen molar-refractivity contribution in [2.75, 3.05) is 6.54 Å². The van der Waals surface area contributed by atoms with Gasteiger partial charge in [0.2, 0.25) is 0 Å². The zero-order valence-corrected chi connectivity index (χ0v) is 16.8. The standard InChI is InChI=1S/C23H15NO3S2/c25-19(26)10-11-24-22(27)18(29-23(24)28)12-16-7-6-15-5-4-13-2-1-3-14-8-9-17(16)21(15)20(13)14/h1-9,12H,10-11H2,(H,25,26)/b18-12+. The van der Waals surface area contributed by atoms with E-state index in [1.165, 1.54) is 38.2 Å². The van der Waals surface area contributed by atoms with E-state index in [0.717, 1.165) is 16.3 Å². The van der Waals surface area contributed by atoms with Gasteiger partial charge in [-0.1, -0.05) is 78.6 Å². The molecule has 0 saturated carbocycles. The van der Waals surface area contributed by atoms with Crippen LogP contribution in [-0.4, -0.2) is 32.7 Å². The van der Waals surface area contributed by atoms with Gasteiger partial charge in [-0.05, 0) is 44.0 Å². The lowest BCUT2D eigenvalue weighted by Gasteiger charge is -2.13. The quantitative estimate of drug-likeness (QED) is 0.279. The van der Waals surface area contributed by atoms with Gasteiger partial charge >= 0.3 is 5.97 Å². The summed E-state index contributed by atoms with van der Waals surface area (Å²) in [5, 5.41) is 15.9. The second-order valence-electron chi connectivity index (χ2n) is 6.99. The monoisotopic (exact) mass is 417 g/mol. The number of carbonyl (C=O) groups excluding carboxylic acids is 1. The number of amides is 1. The van der Waals surface area contributed by atoms with Crippen LogP contribution >= 0.6 is 24.0 Å². The molecule has 4 aromatic carbocycles. The highest BCUT2D eigenvalue weighted by molar-refractivity contribution is 8.26. The Labute approximate surface area is 176 Å². The van der Waals surface area contributed by atoms with E-state index in [4.69, 9.17) is 17.3 Å². The molecule has 1 aliphatic rings. The smallest absolute Gasteiger partial charge is 0.305 e. The number of benzene rings is 4. The molecular formula is C23H15NO3S2. The second kappa shape index (κ2) is 6.83. The molecule has 0 bridgehead atoms. The maximum absolute atomic E-state index is 12.8. The predicted octanol–water partition coefficient (Wildman–Crippen LogP) is 5.26. The Morgan fingerprint density at radius 3 is 2.38 bits per heavy atom. The molecule has 0 aliphatic carbocycles. The van der Waals surface area contributed by atoms with Gasteiger partial charge < -0.3 is 5.11 Å². The lowest BCUT2D eigenvalue weighted by molar-refractivity contribution is -0.137. The Kier molecular flexibility index (Phi) is 4.26. The van der Waals surface area contributed by atoms with Gasteiger partial charge in [0.15, 0.2) is 0 Å². The molecule has 1 fully saturated rings. The summed E-state index contributed by atoms with van der Waals surface area (Å²) in [4.78, 5) is 25.5. The third-order valence-corrected chi connectivity index (χ3v) is 6.65. The minimum absolute atomic E-state index is 0.0931. The van der Waals surface area contributed by atoms with Crippen LogP contribution in [0.1, 0.15) is 12.0 Å². The minimum Gasteiger partial charge on any atom is -0.481 e. The van der Waals surface area contributed by atoms with Crippen LogP contribution in [-0.2, 0) is 9.59 Å². The summed E-state index contributed by atoms with van der Waals surface area (Å²) in [6.07, 6.45) is 1.74. The van der Waals surface area contributed by atoms with Gasteiger partial charge in [-0.25, -0.2) is 0 Å². The zero-order chi connectivity index (χ0) is 20.1. The summed E-state index contributed by atoms with van der Waals surface area (Å²) in [5.41, 5.74) is 0.953. The molecule has 0 unspecified atom stereocenters. The third-order valence-electron chi connectivity index (χ3n) is 5.27. The van der Waals surface area contributed by atoms with E-state index < -0.39 is 5.97 Å². The SMILES string of the molecule is O=C(O)CCN1C(=O)/C(=C\c2ccc3ccc4cccc5ccc2c3c45)SC1=S. The Morgan fingerprint density at radius 2 is 1.66 bits per heavy atom. The summed E-state index contributed by atoms with van der Waals surface area (Å²) in [6, 6.07) is 18.8. The van der Waals surface area contributed by atoms with Gasteiger partial charge in [0.05, 0.1) is 11.3 Å². The van der Waals surface area contributed by atoms with Crippen LogP contribution < -0.4 is 0 Å². The Bertz CT molecular complexity index is 1340. The lowest BCUT2D eigenvalue weighted by Crippen LogP contribution is -2.30. The van der Waals surface area contributed by atoms with Crippen molar-refractivity contribution in [1.82, 2.24) is 4.90 Å². The summed E-state index contributed by atoms with van der Waals surface area (Å²) in [5.74, 6) is -1.18. The van der Waals surface area contributed by atoms with E-state index in [1.807, 2.05) is 12.1 Å². The molecule has 5 rings (SSSR count). The van der Waals surface area contributed by atoms with Crippen LogP contribution in [0.5, 0.6) is 0 Å². The number of thioether (sulfide) groups is 1. The van der Waals surface area contributed by atoms with Crippen molar-refractivity contribution >= 4 is 78.6 Å². The fourth-order valence-corrected chi connectivity index (χ4v) is 5.22. The van der Waals surface area contributed by atoms with E-state index in [-0.39, 0.29) is 18.9 Å².